The third kappa shape index (κ3) is 3.50. The largest absolute Gasteiger partial charge is 0.482 e. The van der Waals surface area contributed by atoms with E-state index in [4.69, 9.17) is 9.84 Å². The predicted octanol–water partition coefficient (Wildman–Crippen LogP) is 1.17. The lowest BCUT2D eigenvalue weighted by atomic mass is 10.1. The van der Waals surface area contributed by atoms with E-state index in [0.29, 0.717) is 30.7 Å². The first-order valence-corrected chi connectivity index (χ1v) is 8.09. The number of ether oxygens (including phenoxy) is 1. The molecule has 3 rings (SSSR count). The second-order valence-corrected chi connectivity index (χ2v) is 6.16. The summed E-state index contributed by atoms with van der Waals surface area (Å²) < 4.78 is 5.37. The Kier molecular flexibility index (Phi) is 4.69. The number of nitrogens with one attached hydrogen (secondary N) is 1. The second kappa shape index (κ2) is 6.90. The summed E-state index contributed by atoms with van der Waals surface area (Å²) in [4.78, 5) is 36.7. The van der Waals surface area contributed by atoms with Crippen molar-refractivity contribution in [2.45, 2.75) is 31.7 Å². The summed E-state index contributed by atoms with van der Waals surface area (Å²) in [6.45, 7) is 0.252. The zero-order valence-electron chi connectivity index (χ0n) is 13.2. The van der Waals surface area contributed by atoms with Gasteiger partial charge in [-0.15, -0.1) is 0 Å². The van der Waals surface area contributed by atoms with Gasteiger partial charge in [-0.2, -0.15) is 0 Å². The lowest BCUT2D eigenvalue weighted by molar-refractivity contribution is -0.141. The van der Waals surface area contributed by atoms with Gasteiger partial charge in [0.15, 0.2) is 6.61 Å². The highest BCUT2D eigenvalue weighted by atomic mass is 16.5. The number of amides is 2. The number of hydrogen-bond donors (Lipinski definition) is 2. The molecule has 2 N–H and O–H groups in total. The van der Waals surface area contributed by atoms with Gasteiger partial charge in [-0.3, -0.25) is 14.4 Å². The number of rotatable bonds is 5. The van der Waals surface area contributed by atoms with Crippen LogP contribution < -0.4 is 15.0 Å². The monoisotopic (exact) mass is 332 g/mol. The molecule has 2 atom stereocenters. The lowest BCUT2D eigenvalue weighted by Crippen LogP contribution is -2.42. The Hall–Kier alpha value is -2.57. The van der Waals surface area contributed by atoms with Crippen LogP contribution in [0.3, 0.4) is 0 Å². The summed E-state index contributed by atoms with van der Waals surface area (Å²) in [5.74, 6) is -0.876. The fourth-order valence-electron chi connectivity index (χ4n) is 3.25. The summed E-state index contributed by atoms with van der Waals surface area (Å²) >= 11 is 0. The summed E-state index contributed by atoms with van der Waals surface area (Å²) in [5, 5.41) is 11.9. The molecule has 0 unspecified atom stereocenters. The molecule has 1 aromatic carbocycles. The molecule has 1 aromatic rings. The van der Waals surface area contributed by atoms with Gasteiger partial charge in [0.05, 0.1) is 11.6 Å². The molecule has 128 valence electrons. The van der Waals surface area contributed by atoms with Crippen molar-refractivity contribution in [1.82, 2.24) is 5.32 Å². The van der Waals surface area contributed by atoms with E-state index < -0.39 is 5.97 Å². The third-order valence-corrected chi connectivity index (χ3v) is 4.52. The van der Waals surface area contributed by atoms with E-state index in [1.807, 2.05) is 12.1 Å². The maximum atomic E-state index is 12.1. The molecule has 0 saturated heterocycles. The van der Waals surface area contributed by atoms with E-state index in [-0.39, 0.29) is 43.3 Å². The first-order valence-electron chi connectivity index (χ1n) is 8.09. The van der Waals surface area contributed by atoms with Crippen molar-refractivity contribution in [2.24, 2.45) is 5.92 Å². The topological polar surface area (TPSA) is 95.9 Å². The minimum absolute atomic E-state index is 0.0262. The minimum Gasteiger partial charge on any atom is -0.482 e. The molecule has 1 aliphatic heterocycles. The average Bonchev–Trinajstić information content (AvgIpc) is 3.02. The smallest absolute Gasteiger partial charge is 0.306 e. The maximum Gasteiger partial charge on any atom is 0.306 e. The van der Waals surface area contributed by atoms with Crippen LogP contribution in [0.25, 0.3) is 0 Å². The van der Waals surface area contributed by atoms with Gasteiger partial charge in [-0.05, 0) is 31.4 Å². The van der Waals surface area contributed by atoms with E-state index in [1.165, 1.54) is 0 Å². The number of aliphatic carboxylic acids is 1. The molecule has 0 aromatic heterocycles. The Morgan fingerprint density at radius 3 is 2.83 bits per heavy atom. The van der Waals surface area contributed by atoms with Crippen molar-refractivity contribution in [3.63, 3.8) is 0 Å². The van der Waals surface area contributed by atoms with Crippen molar-refractivity contribution < 1.29 is 24.2 Å². The van der Waals surface area contributed by atoms with Crippen molar-refractivity contribution in [1.29, 1.82) is 0 Å². The first-order chi connectivity index (χ1) is 11.5. The van der Waals surface area contributed by atoms with Crippen LogP contribution >= 0.6 is 0 Å². The molecule has 7 heteroatoms. The highest BCUT2D eigenvalue weighted by Gasteiger charge is 2.31. The van der Waals surface area contributed by atoms with Gasteiger partial charge < -0.3 is 20.1 Å². The number of fused-ring (bicyclic) bond motifs is 1. The van der Waals surface area contributed by atoms with Crippen LogP contribution in [0.1, 0.15) is 25.7 Å². The van der Waals surface area contributed by atoms with E-state index >= 15 is 0 Å². The normalized spacial score (nSPS) is 22.7. The highest BCUT2D eigenvalue weighted by Crippen LogP contribution is 2.31. The van der Waals surface area contributed by atoms with E-state index in [1.54, 1.807) is 17.0 Å². The number of nitrogens with zero attached hydrogens (tertiary/aromatic N) is 1. The minimum atomic E-state index is -0.803. The number of para-hydroxylation sites is 2. The van der Waals surface area contributed by atoms with Crippen molar-refractivity contribution in [3.8, 4) is 5.75 Å². The number of hydrogen-bond acceptors (Lipinski definition) is 4. The van der Waals surface area contributed by atoms with E-state index in [9.17, 15) is 14.4 Å². The fourth-order valence-corrected chi connectivity index (χ4v) is 3.25. The predicted molar refractivity (Wildman–Crippen MR) is 85.8 cm³/mol. The van der Waals surface area contributed by atoms with Crippen LogP contribution in [0, 0.1) is 5.92 Å². The SMILES string of the molecule is O=C(CCN1C(=O)COc2ccccc21)N[C@H]1CC[C@@H](C(=O)O)C1. The molecule has 1 heterocycles. The molecule has 0 radical (unpaired) electrons. The van der Waals surface area contributed by atoms with E-state index in [0.717, 1.165) is 0 Å². The Morgan fingerprint density at radius 2 is 2.08 bits per heavy atom. The second-order valence-electron chi connectivity index (χ2n) is 6.16. The number of anilines is 1. The Labute approximate surface area is 139 Å². The van der Waals surface area contributed by atoms with Gasteiger partial charge in [0.25, 0.3) is 5.91 Å². The molecule has 2 amide bonds. The number of benzene rings is 1. The van der Waals surface area contributed by atoms with Crippen molar-refractivity contribution in [3.05, 3.63) is 24.3 Å². The summed E-state index contributed by atoms with van der Waals surface area (Å²) in [5.41, 5.74) is 0.674. The molecule has 0 spiro atoms. The molecular weight excluding hydrogens is 312 g/mol. The zero-order chi connectivity index (χ0) is 17.1. The van der Waals surface area contributed by atoms with Crippen LogP contribution in [0.5, 0.6) is 5.75 Å². The van der Waals surface area contributed by atoms with Crippen LogP contribution in [0.2, 0.25) is 0 Å². The van der Waals surface area contributed by atoms with Crippen LogP contribution in [-0.2, 0) is 14.4 Å². The van der Waals surface area contributed by atoms with Gasteiger partial charge in [0.2, 0.25) is 5.91 Å². The molecule has 2 aliphatic rings. The molecular formula is C17H20N2O5. The molecule has 0 bridgehead atoms. The summed E-state index contributed by atoms with van der Waals surface area (Å²) in [6, 6.07) is 7.14. The van der Waals surface area contributed by atoms with Crippen molar-refractivity contribution in [2.75, 3.05) is 18.1 Å². The molecule has 7 nitrogen and oxygen atoms in total. The zero-order valence-corrected chi connectivity index (χ0v) is 13.2. The average molecular weight is 332 g/mol. The molecule has 24 heavy (non-hydrogen) atoms. The highest BCUT2D eigenvalue weighted by molar-refractivity contribution is 5.98. The Balaban J connectivity index is 1.53. The van der Waals surface area contributed by atoms with Crippen LogP contribution in [0.15, 0.2) is 24.3 Å². The number of carbonyl (C=O) groups excluding carboxylic acids is 2. The lowest BCUT2D eigenvalue weighted by Gasteiger charge is -2.29. The molecule has 1 fully saturated rings. The standard InChI is InChI=1S/C17H20N2O5/c20-15(18-12-6-5-11(9-12)17(22)23)7-8-19-13-3-1-2-4-14(13)24-10-16(19)21/h1-4,11-12H,5-10H2,(H,18,20)(H,22,23)/t11-,12+/m1/s1. The quantitative estimate of drug-likeness (QED) is 0.844. The van der Waals surface area contributed by atoms with Gasteiger partial charge in [-0.1, -0.05) is 12.1 Å². The number of carbonyl (C=O) groups is 3. The van der Waals surface area contributed by atoms with Gasteiger partial charge >= 0.3 is 5.97 Å². The van der Waals surface area contributed by atoms with Gasteiger partial charge in [-0.25, -0.2) is 0 Å². The van der Waals surface area contributed by atoms with E-state index in [2.05, 4.69) is 5.32 Å². The fraction of sp³-hybridized carbons (Fsp3) is 0.471. The van der Waals surface area contributed by atoms with Crippen LogP contribution in [0.4, 0.5) is 5.69 Å². The first kappa shape index (κ1) is 16.3. The summed E-state index contributed by atoms with van der Waals surface area (Å²) in [6.07, 6.45) is 1.92. The molecule has 1 aliphatic carbocycles. The Morgan fingerprint density at radius 1 is 1.29 bits per heavy atom. The molecule has 1 saturated carbocycles. The summed E-state index contributed by atoms with van der Waals surface area (Å²) in [7, 11) is 0. The van der Waals surface area contributed by atoms with Gasteiger partial charge in [0, 0.05) is 19.0 Å². The maximum absolute atomic E-state index is 12.1. The van der Waals surface area contributed by atoms with Crippen molar-refractivity contribution >= 4 is 23.5 Å². The third-order valence-electron chi connectivity index (χ3n) is 4.52. The van der Waals surface area contributed by atoms with Gasteiger partial charge in [0.1, 0.15) is 5.75 Å². The van der Waals surface area contributed by atoms with Crippen LogP contribution in [-0.4, -0.2) is 42.1 Å². The number of carboxylic acids is 1. The Bertz CT molecular complexity index is 660. The number of carboxylic acid groups (broad SMARTS) is 1.